The molecular weight excluding hydrogens is 328 g/mol. The molecular formula is C18H19F2N3O2. The summed E-state index contributed by atoms with van der Waals surface area (Å²) in [6.07, 6.45) is 0.0951. The standard InChI is InChI=1S/C18H19F2N3O2/c1-18(19,20)14-6-2-5-13(8-14)11-22-16(24)10-12-4-3-7-15(9-12)23-17(21)25/h2-9H,10-11H2,1H3,(H,22,24)(H3,21,23,25). The topological polar surface area (TPSA) is 84.2 Å². The number of nitrogens with one attached hydrogen (secondary N) is 2. The van der Waals surface area contributed by atoms with Crippen molar-refractivity contribution in [3.05, 3.63) is 65.2 Å². The predicted octanol–water partition coefficient (Wildman–Crippen LogP) is 3.15. The van der Waals surface area contributed by atoms with Gasteiger partial charge < -0.3 is 16.4 Å². The lowest BCUT2D eigenvalue weighted by atomic mass is 10.1. The molecule has 132 valence electrons. The molecule has 0 spiro atoms. The lowest BCUT2D eigenvalue weighted by Crippen LogP contribution is -2.25. The van der Waals surface area contributed by atoms with Crippen molar-refractivity contribution in [2.75, 3.05) is 5.32 Å². The van der Waals surface area contributed by atoms with Gasteiger partial charge in [0.15, 0.2) is 0 Å². The number of urea groups is 1. The molecule has 0 fully saturated rings. The van der Waals surface area contributed by atoms with Gasteiger partial charge in [-0.05, 0) is 29.3 Å². The van der Waals surface area contributed by atoms with Crippen LogP contribution in [0, 0.1) is 0 Å². The van der Waals surface area contributed by atoms with Crippen molar-refractivity contribution in [2.45, 2.75) is 25.8 Å². The SMILES string of the molecule is CC(F)(F)c1cccc(CNC(=O)Cc2cccc(NC(N)=O)c2)c1. The second-order valence-corrected chi connectivity index (χ2v) is 5.73. The quantitative estimate of drug-likeness (QED) is 0.750. The first kappa shape index (κ1) is 18.4. The number of rotatable bonds is 6. The number of hydrogen-bond donors (Lipinski definition) is 3. The van der Waals surface area contributed by atoms with Crippen LogP contribution in [0.5, 0.6) is 0 Å². The van der Waals surface area contributed by atoms with Crippen LogP contribution in [0.25, 0.3) is 0 Å². The summed E-state index contributed by atoms with van der Waals surface area (Å²) in [5, 5.41) is 5.12. The van der Waals surface area contributed by atoms with E-state index in [1.54, 1.807) is 30.3 Å². The third kappa shape index (κ3) is 5.87. The van der Waals surface area contributed by atoms with Crippen LogP contribution in [0.2, 0.25) is 0 Å². The number of benzene rings is 2. The average Bonchev–Trinajstić information content (AvgIpc) is 2.52. The van der Waals surface area contributed by atoms with E-state index in [0.717, 1.165) is 6.92 Å². The van der Waals surface area contributed by atoms with Crippen LogP contribution in [0.3, 0.4) is 0 Å². The maximum Gasteiger partial charge on any atom is 0.316 e. The zero-order valence-electron chi connectivity index (χ0n) is 13.7. The van der Waals surface area contributed by atoms with Gasteiger partial charge in [0, 0.05) is 24.7 Å². The third-order valence-corrected chi connectivity index (χ3v) is 3.48. The predicted molar refractivity (Wildman–Crippen MR) is 91.2 cm³/mol. The highest BCUT2D eigenvalue weighted by Crippen LogP contribution is 2.27. The Morgan fingerprint density at radius 1 is 1.08 bits per heavy atom. The number of hydrogen-bond acceptors (Lipinski definition) is 2. The van der Waals surface area contributed by atoms with E-state index in [1.807, 2.05) is 0 Å². The summed E-state index contributed by atoms with van der Waals surface area (Å²) in [6, 6.07) is 12.0. The smallest absolute Gasteiger partial charge is 0.316 e. The first-order valence-corrected chi connectivity index (χ1v) is 7.63. The molecule has 3 amide bonds. The second-order valence-electron chi connectivity index (χ2n) is 5.73. The Hall–Kier alpha value is -2.96. The zero-order chi connectivity index (χ0) is 18.4. The summed E-state index contributed by atoms with van der Waals surface area (Å²) >= 11 is 0. The van der Waals surface area contributed by atoms with Crippen LogP contribution < -0.4 is 16.4 Å². The van der Waals surface area contributed by atoms with Crippen molar-refractivity contribution < 1.29 is 18.4 Å². The molecule has 0 bridgehead atoms. The molecule has 0 radical (unpaired) electrons. The van der Waals surface area contributed by atoms with E-state index < -0.39 is 12.0 Å². The molecule has 0 atom stereocenters. The lowest BCUT2D eigenvalue weighted by Gasteiger charge is -2.12. The third-order valence-electron chi connectivity index (χ3n) is 3.48. The molecule has 7 heteroatoms. The highest BCUT2D eigenvalue weighted by Gasteiger charge is 2.24. The van der Waals surface area contributed by atoms with Gasteiger partial charge in [-0.2, -0.15) is 0 Å². The van der Waals surface area contributed by atoms with E-state index in [-0.39, 0.29) is 24.4 Å². The summed E-state index contributed by atoms with van der Waals surface area (Å²) in [5.74, 6) is -3.18. The van der Waals surface area contributed by atoms with Crippen LogP contribution in [0.1, 0.15) is 23.6 Å². The number of carbonyl (C=O) groups is 2. The molecule has 25 heavy (non-hydrogen) atoms. The van der Waals surface area contributed by atoms with Gasteiger partial charge in [-0.3, -0.25) is 4.79 Å². The molecule has 0 aromatic heterocycles. The number of nitrogens with two attached hydrogens (primary N) is 1. The van der Waals surface area contributed by atoms with E-state index in [9.17, 15) is 18.4 Å². The van der Waals surface area contributed by atoms with Crippen molar-refractivity contribution in [3.8, 4) is 0 Å². The molecule has 2 rings (SSSR count). The van der Waals surface area contributed by atoms with Gasteiger partial charge in [0.05, 0.1) is 6.42 Å². The number of carbonyl (C=O) groups excluding carboxylic acids is 2. The Morgan fingerprint density at radius 2 is 1.76 bits per heavy atom. The Labute approximate surface area is 144 Å². The first-order valence-electron chi connectivity index (χ1n) is 7.63. The van der Waals surface area contributed by atoms with E-state index in [0.29, 0.717) is 16.8 Å². The normalized spacial score (nSPS) is 11.0. The Balaban J connectivity index is 1.94. The van der Waals surface area contributed by atoms with Crippen molar-refractivity contribution in [2.24, 2.45) is 5.73 Å². The van der Waals surface area contributed by atoms with E-state index >= 15 is 0 Å². The van der Waals surface area contributed by atoms with E-state index in [4.69, 9.17) is 5.73 Å². The average molecular weight is 347 g/mol. The number of anilines is 1. The Bertz CT molecular complexity index is 773. The largest absolute Gasteiger partial charge is 0.352 e. The van der Waals surface area contributed by atoms with Crippen LogP contribution in [0.15, 0.2) is 48.5 Å². The van der Waals surface area contributed by atoms with Gasteiger partial charge in [-0.1, -0.05) is 30.3 Å². The van der Waals surface area contributed by atoms with E-state index in [2.05, 4.69) is 10.6 Å². The highest BCUT2D eigenvalue weighted by molar-refractivity contribution is 5.88. The lowest BCUT2D eigenvalue weighted by molar-refractivity contribution is -0.120. The molecule has 0 heterocycles. The number of halogens is 2. The van der Waals surface area contributed by atoms with Crippen LogP contribution >= 0.6 is 0 Å². The Kier molecular flexibility index (Phi) is 5.69. The number of primary amides is 1. The highest BCUT2D eigenvalue weighted by atomic mass is 19.3. The van der Waals surface area contributed by atoms with Crippen molar-refractivity contribution in [3.63, 3.8) is 0 Å². The minimum Gasteiger partial charge on any atom is -0.352 e. The molecule has 0 saturated carbocycles. The molecule has 0 unspecified atom stereocenters. The van der Waals surface area contributed by atoms with E-state index in [1.165, 1.54) is 18.2 Å². The van der Waals surface area contributed by atoms with Gasteiger partial charge in [0.25, 0.3) is 5.92 Å². The van der Waals surface area contributed by atoms with Crippen molar-refractivity contribution in [1.82, 2.24) is 5.32 Å². The molecule has 4 N–H and O–H groups in total. The fourth-order valence-corrected chi connectivity index (χ4v) is 2.30. The summed E-state index contributed by atoms with van der Waals surface area (Å²) in [5.41, 5.74) is 6.74. The van der Waals surface area contributed by atoms with Crippen molar-refractivity contribution in [1.29, 1.82) is 0 Å². The summed E-state index contributed by atoms with van der Waals surface area (Å²) in [7, 11) is 0. The maximum absolute atomic E-state index is 13.3. The monoisotopic (exact) mass is 347 g/mol. The molecule has 0 saturated heterocycles. The molecule has 2 aromatic rings. The fraction of sp³-hybridized carbons (Fsp3) is 0.222. The molecule has 0 aliphatic carbocycles. The summed E-state index contributed by atoms with van der Waals surface area (Å²) in [4.78, 5) is 22.9. The van der Waals surface area contributed by atoms with Gasteiger partial charge in [0.2, 0.25) is 5.91 Å². The Morgan fingerprint density at radius 3 is 2.44 bits per heavy atom. The molecule has 2 aromatic carbocycles. The number of alkyl halides is 2. The summed E-state index contributed by atoms with van der Waals surface area (Å²) < 4.78 is 26.6. The van der Waals surface area contributed by atoms with Crippen LogP contribution in [-0.2, 0) is 23.7 Å². The molecule has 0 aliphatic rings. The fourth-order valence-electron chi connectivity index (χ4n) is 2.30. The number of amides is 3. The van der Waals surface area contributed by atoms with Gasteiger partial charge in [0.1, 0.15) is 0 Å². The van der Waals surface area contributed by atoms with Crippen LogP contribution in [0.4, 0.5) is 19.3 Å². The first-order chi connectivity index (χ1) is 11.7. The minimum absolute atomic E-state index is 0.0931. The molecule has 5 nitrogen and oxygen atoms in total. The van der Waals surface area contributed by atoms with Gasteiger partial charge in [-0.25, -0.2) is 13.6 Å². The zero-order valence-corrected chi connectivity index (χ0v) is 13.7. The summed E-state index contributed by atoms with van der Waals surface area (Å²) in [6.45, 7) is 0.986. The van der Waals surface area contributed by atoms with Gasteiger partial charge in [-0.15, -0.1) is 0 Å². The minimum atomic E-state index is -2.92. The molecule has 0 aliphatic heterocycles. The van der Waals surface area contributed by atoms with Gasteiger partial charge >= 0.3 is 6.03 Å². The van der Waals surface area contributed by atoms with Crippen molar-refractivity contribution >= 4 is 17.6 Å². The second kappa shape index (κ2) is 7.74. The maximum atomic E-state index is 13.3. The van der Waals surface area contributed by atoms with Crippen LogP contribution in [-0.4, -0.2) is 11.9 Å².